The van der Waals surface area contributed by atoms with Crippen LogP contribution in [-0.2, 0) is 4.79 Å². The van der Waals surface area contributed by atoms with Crippen molar-refractivity contribution >= 4 is 11.6 Å². The zero-order valence-corrected chi connectivity index (χ0v) is 12.7. The minimum Gasteiger partial charge on any atom is -0.362 e. The number of hydrogen-bond acceptors (Lipinski definition) is 3. The van der Waals surface area contributed by atoms with Crippen molar-refractivity contribution in [3.63, 3.8) is 0 Å². The summed E-state index contributed by atoms with van der Waals surface area (Å²) in [5.41, 5.74) is 1.36. The molecule has 0 saturated heterocycles. The molecule has 0 fully saturated rings. The lowest BCUT2D eigenvalue weighted by Gasteiger charge is -2.28. The third-order valence-corrected chi connectivity index (χ3v) is 3.70. The second-order valence-electron chi connectivity index (χ2n) is 4.94. The molecule has 0 aliphatic rings. The Bertz CT molecular complexity index is 489. The minimum atomic E-state index is -0.315. The Morgan fingerprint density at radius 2 is 1.95 bits per heavy atom. The van der Waals surface area contributed by atoms with Gasteiger partial charge in [-0.05, 0) is 31.9 Å². The standard InChI is InChI=1S/C16H23N3O/c1-5-14(6-2)18-16(20)12(3)19(4)15-10-8-7-9-13(15)11-17/h7-10,12,14H,5-6H2,1-4H3,(H,18,20). The summed E-state index contributed by atoms with van der Waals surface area (Å²) < 4.78 is 0. The molecule has 4 nitrogen and oxygen atoms in total. The van der Waals surface area contributed by atoms with Gasteiger partial charge in [-0.25, -0.2) is 0 Å². The number of nitrogens with zero attached hydrogens (tertiary/aromatic N) is 2. The fraction of sp³-hybridized carbons (Fsp3) is 0.500. The average molecular weight is 273 g/mol. The molecule has 0 spiro atoms. The molecule has 1 rings (SSSR count). The summed E-state index contributed by atoms with van der Waals surface area (Å²) in [7, 11) is 1.84. The van der Waals surface area contributed by atoms with Gasteiger partial charge in [-0.15, -0.1) is 0 Å². The van der Waals surface area contributed by atoms with Crippen molar-refractivity contribution in [1.29, 1.82) is 5.26 Å². The molecule has 20 heavy (non-hydrogen) atoms. The molecule has 1 amide bonds. The van der Waals surface area contributed by atoms with Crippen molar-refractivity contribution in [3.05, 3.63) is 29.8 Å². The van der Waals surface area contributed by atoms with Gasteiger partial charge in [0, 0.05) is 13.1 Å². The van der Waals surface area contributed by atoms with Gasteiger partial charge in [0.1, 0.15) is 12.1 Å². The highest BCUT2D eigenvalue weighted by Gasteiger charge is 2.21. The van der Waals surface area contributed by atoms with Gasteiger partial charge in [0.25, 0.3) is 0 Å². The molecule has 0 saturated carbocycles. The average Bonchev–Trinajstić information content (AvgIpc) is 2.50. The van der Waals surface area contributed by atoms with Crippen LogP contribution in [-0.4, -0.2) is 25.0 Å². The molecular formula is C16H23N3O. The number of likely N-dealkylation sites (N-methyl/N-ethyl adjacent to an activating group) is 1. The van der Waals surface area contributed by atoms with Gasteiger partial charge in [-0.1, -0.05) is 26.0 Å². The molecule has 4 heteroatoms. The SMILES string of the molecule is CCC(CC)NC(=O)C(C)N(C)c1ccccc1C#N. The van der Waals surface area contributed by atoms with E-state index in [0.717, 1.165) is 18.5 Å². The molecule has 1 unspecified atom stereocenters. The highest BCUT2D eigenvalue weighted by Crippen LogP contribution is 2.20. The Balaban J connectivity index is 2.83. The summed E-state index contributed by atoms with van der Waals surface area (Å²) in [6.07, 6.45) is 1.85. The molecule has 0 aromatic heterocycles. The molecule has 1 atom stereocenters. The fourth-order valence-corrected chi connectivity index (χ4v) is 2.07. The van der Waals surface area contributed by atoms with E-state index in [9.17, 15) is 4.79 Å². The molecule has 108 valence electrons. The zero-order valence-electron chi connectivity index (χ0n) is 12.7. The Labute approximate surface area is 121 Å². The normalized spacial score (nSPS) is 11.8. The first-order chi connectivity index (χ1) is 9.54. The first kappa shape index (κ1) is 16.0. The quantitative estimate of drug-likeness (QED) is 0.867. The molecular weight excluding hydrogens is 250 g/mol. The highest BCUT2D eigenvalue weighted by atomic mass is 16.2. The van der Waals surface area contributed by atoms with Crippen LogP contribution in [0.3, 0.4) is 0 Å². The van der Waals surface area contributed by atoms with Gasteiger partial charge in [-0.2, -0.15) is 5.26 Å². The van der Waals surface area contributed by atoms with E-state index >= 15 is 0 Å². The Morgan fingerprint density at radius 1 is 1.35 bits per heavy atom. The van der Waals surface area contributed by atoms with Crippen molar-refractivity contribution in [3.8, 4) is 6.07 Å². The Hall–Kier alpha value is -2.02. The van der Waals surface area contributed by atoms with E-state index in [0.29, 0.717) is 5.56 Å². The molecule has 0 aliphatic heterocycles. The van der Waals surface area contributed by atoms with E-state index in [4.69, 9.17) is 5.26 Å². The van der Waals surface area contributed by atoms with E-state index in [1.165, 1.54) is 0 Å². The van der Waals surface area contributed by atoms with E-state index in [-0.39, 0.29) is 18.0 Å². The van der Waals surface area contributed by atoms with E-state index in [1.54, 1.807) is 6.07 Å². The number of carbonyl (C=O) groups is 1. The number of anilines is 1. The van der Waals surface area contributed by atoms with E-state index < -0.39 is 0 Å². The maximum absolute atomic E-state index is 12.2. The summed E-state index contributed by atoms with van der Waals surface area (Å²) in [5, 5.41) is 12.2. The van der Waals surface area contributed by atoms with Gasteiger partial charge in [-0.3, -0.25) is 4.79 Å². The van der Waals surface area contributed by atoms with Gasteiger partial charge in [0.15, 0.2) is 0 Å². The van der Waals surface area contributed by atoms with Gasteiger partial charge in [0.05, 0.1) is 11.3 Å². The van der Waals surface area contributed by atoms with Gasteiger partial charge < -0.3 is 10.2 Å². The molecule has 1 aromatic rings. The highest BCUT2D eigenvalue weighted by molar-refractivity contribution is 5.85. The van der Waals surface area contributed by atoms with Gasteiger partial charge in [0.2, 0.25) is 5.91 Å². The molecule has 0 bridgehead atoms. The Morgan fingerprint density at radius 3 is 2.50 bits per heavy atom. The monoisotopic (exact) mass is 273 g/mol. The Kier molecular flexibility index (Phi) is 6.05. The van der Waals surface area contributed by atoms with Crippen LogP contribution >= 0.6 is 0 Å². The smallest absolute Gasteiger partial charge is 0.242 e. The third kappa shape index (κ3) is 3.74. The number of benzene rings is 1. The molecule has 0 aliphatic carbocycles. The molecule has 1 aromatic carbocycles. The third-order valence-electron chi connectivity index (χ3n) is 3.70. The second kappa shape index (κ2) is 7.54. The largest absolute Gasteiger partial charge is 0.362 e. The van der Waals surface area contributed by atoms with Crippen molar-refractivity contribution < 1.29 is 4.79 Å². The number of nitriles is 1. The van der Waals surface area contributed by atoms with Crippen LogP contribution in [0.15, 0.2) is 24.3 Å². The van der Waals surface area contributed by atoms with Crippen molar-refractivity contribution in [1.82, 2.24) is 5.32 Å². The predicted octanol–water partition coefficient (Wildman–Crippen LogP) is 2.69. The van der Waals surface area contributed by atoms with Crippen LogP contribution in [0.5, 0.6) is 0 Å². The number of rotatable bonds is 6. The first-order valence-corrected chi connectivity index (χ1v) is 7.07. The van der Waals surface area contributed by atoms with Crippen LogP contribution in [0.1, 0.15) is 39.2 Å². The van der Waals surface area contributed by atoms with Crippen LogP contribution in [0, 0.1) is 11.3 Å². The lowest BCUT2D eigenvalue weighted by molar-refractivity contribution is -0.122. The molecule has 0 radical (unpaired) electrons. The number of nitrogens with one attached hydrogen (secondary N) is 1. The number of para-hydroxylation sites is 1. The summed E-state index contributed by atoms with van der Waals surface area (Å²) in [6.45, 7) is 5.98. The lowest BCUT2D eigenvalue weighted by Crippen LogP contribution is -2.47. The summed E-state index contributed by atoms with van der Waals surface area (Å²) in [4.78, 5) is 14.1. The first-order valence-electron chi connectivity index (χ1n) is 7.07. The van der Waals surface area contributed by atoms with E-state index in [1.807, 2.05) is 37.1 Å². The topological polar surface area (TPSA) is 56.1 Å². The van der Waals surface area contributed by atoms with Crippen molar-refractivity contribution in [2.24, 2.45) is 0 Å². The second-order valence-corrected chi connectivity index (χ2v) is 4.94. The maximum Gasteiger partial charge on any atom is 0.242 e. The molecule has 1 N–H and O–H groups in total. The summed E-state index contributed by atoms with van der Waals surface area (Å²) in [5.74, 6) is -0.00561. The van der Waals surface area contributed by atoms with Crippen molar-refractivity contribution in [2.75, 3.05) is 11.9 Å². The number of hydrogen-bond donors (Lipinski definition) is 1. The van der Waals surface area contributed by atoms with Crippen LogP contribution in [0.4, 0.5) is 5.69 Å². The van der Waals surface area contributed by atoms with Crippen LogP contribution in [0.2, 0.25) is 0 Å². The summed E-state index contributed by atoms with van der Waals surface area (Å²) in [6, 6.07) is 9.38. The van der Waals surface area contributed by atoms with Crippen molar-refractivity contribution in [2.45, 2.75) is 45.7 Å². The number of carbonyl (C=O) groups excluding carboxylic acids is 1. The minimum absolute atomic E-state index is 0.00561. The zero-order chi connectivity index (χ0) is 15.1. The van der Waals surface area contributed by atoms with E-state index in [2.05, 4.69) is 25.2 Å². The number of amides is 1. The van der Waals surface area contributed by atoms with Crippen LogP contribution in [0.25, 0.3) is 0 Å². The van der Waals surface area contributed by atoms with Crippen LogP contribution < -0.4 is 10.2 Å². The maximum atomic E-state index is 12.2. The predicted molar refractivity (Wildman–Crippen MR) is 81.5 cm³/mol. The molecule has 0 heterocycles. The van der Waals surface area contributed by atoms with Gasteiger partial charge >= 0.3 is 0 Å². The summed E-state index contributed by atoms with van der Waals surface area (Å²) >= 11 is 0. The lowest BCUT2D eigenvalue weighted by atomic mass is 10.1. The fourth-order valence-electron chi connectivity index (χ4n) is 2.07.